The monoisotopic (exact) mass is 167 g/mol. The van der Waals surface area contributed by atoms with E-state index in [9.17, 15) is 4.79 Å². The Bertz CT molecular complexity index is 218. The minimum absolute atomic E-state index is 0.407. The van der Waals surface area contributed by atoms with Gasteiger partial charge in [0.25, 0.3) is 0 Å². The van der Waals surface area contributed by atoms with Crippen molar-refractivity contribution in [2.45, 2.75) is 0 Å². The van der Waals surface area contributed by atoms with E-state index in [4.69, 9.17) is 0 Å². The van der Waals surface area contributed by atoms with Gasteiger partial charge in [-0.1, -0.05) is 6.58 Å². The topological polar surface area (TPSA) is 44.7 Å². The van der Waals surface area contributed by atoms with Crippen molar-refractivity contribution in [2.75, 3.05) is 14.1 Å². The molecule has 0 atom stereocenters. The van der Waals surface area contributed by atoms with Crippen molar-refractivity contribution >= 4 is 13.1 Å². The fourth-order valence-electron chi connectivity index (χ4n) is 0.747. The van der Waals surface area contributed by atoms with Crippen molar-refractivity contribution in [3.8, 4) is 0 Å². The van der Waals surface area contributed by atoms with Crippen molar-refractivity contribution in [2.24, 2.45) is 4.99 Å². The quantitative estimate of drug-likeness (QED) is 0.365. The van der Waals surface area contributed by atoms with E-state index in [1.54, 1.807) is 11.0 Å². The van der Waals surface area contributed by atoms with E-state index in [0.717, 1.165) is 5.70 Å². The summed E-state index contributed by atoms with van der Waals surface area (Å²) in [7, 11) is 3.66. The fourth-order valence-corrected chi connectivity index (χ4v) is 0.747. The molecular formula is C8H13N3O. The normalized spacial score (nSPS) is 11.2. The molecule has 0 radical (unpaired) electrons. The highest BCUT2D eigenvalue weighted by molar-refractivity contribution is 5.52. The molecule has 0 saturated heterocycles. The predicted molar refractivity (Wildman–Crippen MR) is 49.7 cm³/mol. The predicted octanol–water partition coefficient (Wildman–Crippen LogP) is 0.350. The van der Waals surface area contributed by atoms with Gasteiger partial charge in [-0.25, -0.2) is 4.99 Å². The van der Waals surface area contributed by atoms with Crippen LogP contribution in [0.25, 0.3) is 0 Å². The molecule has 0 unspecified atom stereocenters. The van der Waals surface area contributed by atoms with Gasteiger partial charge < -0.3 is 10.2 Å². The van der Waals surface area contributed by atoms with E-state index in [1.165, 1.54) is 0 Å². The average molecular weight is 167 g/mol. The molecule has 0 bridgehead atoms. The van der Waals surface area contributed by atoms with E-state index >= 15 is 0 Å². The molecule has 0 aromatic heterocycles. The number of rotatable bonds is 5. The first-order chi connectivity index (χ1) is 5.67. The van der Waals surface area contributed by atoms with Gasteiger partial charge in [0.1, 0.15) is 0 Å². The maximum atomic E-state index is 10.1. The van der Waals surface area contributed by atoms with E-state index in [2.05, 4.69) is 23.6 Å². The second-order valence-corrected chi connectivity index (χ2v) is 2.25. The number of likely N-dealkylation sites (N-methyl/N-ethyl adjacent to an activating group) is 1. The number of nitrogens with zero attached hydrogens (tertiary/aromatic N) is 2. The molecule has 0 heterocycles. The van der Waals surface area contributed by atoms with Crippen LogP contribution in [0.15, 0.2) is 29.2 Å². The van der Waals surface area contributed by atoms with E-state index in [-0.39, 0.29) is 0 Å². The lowest BCUT2D eigenvalue weighted by atomic mass is 10.4. The number of hydrogen-bond donors (Lipinski definition) is 1. The van der Waals surface area contributed by atoms with Gasteiger partial charge in [0.15, 0.2) is 5.82 Å². The summed E-state index contributed by atoms with van der Waals surface area (Å²) < 4.78 is 0. The van der Waals surface area contributed by atoms with Gasteiger partial charge in [-0.15, -0.1) is 0 Å². The van der Waals surface area contributed by atoms with Crippen LogP contribution in [0.1, 0.15) is 0 Å². The number of aliphatic imine (C=N–C) groups is 1. The van der Waals surface area contributed by atoms with Crippen molar-refractivity contribution < 1.29 is 4.79 Å². The third kappa shape index (κ3) is 2.57. The molecule has 0 aromatic rings. The van der Waals surface area contributed by atoms with Crippen LogP contribution in [0.2, 0.25) is 0 Å². The molecule has 0 aromatic carbocycles. The number of nitrogens with one attached hydrogen (secondary N) is 1. The highest BCUT2D eigenvalue weighted by Gasteiger charge is 2.01. The van der Waals surface area contributed by atoms with E-state index in [1.807, 2.05) is 14.1 Å². The molecular weight excluding hydrogens is 154 g/mol. The molecule has 0 aliphatic rings. The van der Waals surface area contributed by atoms with Crippen LogP contribution in [0.4, 0.5) is 0 Å². The lowest BCUT2D eigenvalue weighted by Gasteiger charge is -2.15. The smallest absolute Gasteiger partial charge is 0.212 e. The van der Waals surface area contributed by atoms with E-state index in [0.29, 0.717) is 12.2 Å². The third-order valence-electron chi connectivity index (χ3n) is 1.27. The minimum Gasteiger partial charge on any atom is -0.375 e. The van der Waals surface area contributed by atoms with Gasteiger partial charge in [-0.3, -0.25) is 4.79 Å². The third-order valence-corrected chi connectivity index (χ3v) is 1.27. The maximum absolute atomic E-state index is 10.1. The molecule has 12 heavy (non-hydrogen) atoms. The SMILES string of the molecule is C=C/C(=C(\N=C)NC=O)N(C)C. The molecule has 0 rings (SSSR count). The second-order valence-electron chi connectivity index (χ2n) is 2.25. The zero-order chi connectivity index (χ0) is 9.56. The Balaban J connectivity index is 4.84. The summed E-state index contributed by atoms with van der Waals surface area (Å²) in [6, 6.07) is 0. The minimum atomic E-state index is 0.407. The summed E-state index contributed by atoms with van der Waals surface area (Å²) in [4.78, 5) is 15.6. The number of hydrogen-bond acceptors (Lipinski definition) is 3. The first kappa shape index (κ1) is 10.4. The zero-order valence-electron chi connectivity index (χ0n) is 7.37. The van der Waals surface area contributed by atoms with Crippen LogP contribution in [-0.4, -0.2) is 32.1 Å². The van der Waals surface area contributed by atoms with Crippen LogP contribution < -0.4 is 5.32 Å². The summed E-state index contributed by atoms with van der Waals surface area (Å²) in [5.74, 6) is 0.407. The van der Waals surface area contributed by atoms with Gasteiger partial charge >= 0.3 is 0 Å². The van der Waals surface area contributed by atoms with Crippen LogP contribution in [0.5, 0.6) is 0 Å². The standard InChI is InChI=1S/C8H13N3O/c1-5-7(11(3)4)8(9-2)10-6-12/h5-6H,1-2H2,3-4H3,(H,10,12)/b8-7-. The Morgan fingerprint density at radius 1 is 1.58 bits per heavy atom. The molecule has 0 saturated carbocycles. The Labute approximate surface area is 72.3 Å². The maximum Gasteiger partial charge on any atom is 0.212 e. The van der Waals surface area contributed by atoms with Gasteiger partial charge in [0.05, 0.1) is 5.70 Å². The average Bonchev–Trinajstić information content (AvgIpc) is 2.03. The van der Waals surface area contributed by atoms with Crippen LogP contribution in [-0.2, 0) is 4.79 Å². The summed E-state index contributed by atoms with van der Waals surface area (Å²) in [5.41, 5.74) is 0.720. The summed E-state index contributed by atoms with van der Waals surface area (Å²) in [6.45, 7) is 6.92. The Kier molecular flexibility index (Phi) is 4.45. The van der Waals surface area contributed by atoms with Crippen LogP contribution >= 0.6 is 0 Å². The van der Waals surface area contributed by atoms with Crippen molar-refractivity contribution in [3.63, 3.8) is 0 Å². The summed E-state index contributed by atoms with van der Waals surface area (Å²) in [6.07, 6.45) is 2.15. The molecule has 66 valence electrons. The molecule has 0 aliphatic heterocycles. The molecule has 4 nitrogen and oxygen atoms in total. The lowest BCUT2D eigenvalue weighted by molar-refractivity contribution is -0.108. The Hall–Kier alpha value is -1.58. The number of allylic oxidation sites excluding steroid dienone is 1. The number of amides is 1. The molecule has 0 aliphatic carbocycles. The lowest BCUT2D eigenvalue weighted by Crippen LogP contribution is -2.18. The highest BCUT2D eigenvalue weighted by atomic mass is 16.1. The van der Waals surface area contributed by atoms with E-state index < -0.39 is 0 Å². The zero-order valence-corrected chi connectivity index (χ0v) is 7.37. The molecule has 4 heteroatoms. The van der Waals surface area contributed by atoms with Crippen LogP contribution in [0.3, 0.4) is 0 Å². The molecule has 0 spiro atoms. The van der Waals surface area contributed by atoms with Gasteiger partial charge in [-0.05, 0) is 12.8 Å². The van der Waals surface area contributed by atoms with Crippen molar-refractivity contribution in [1.29, 1.82) is 0 Å². The first-order valence-electron chi connectivity index (χ1n) is 3.38. The number of carbonyl (C=O) groups is 1. The first-order valence-corrected chi connectivity index (χ1v) is 3.38. The molecule has 1 N–H and O–H groups in total. The summed E-state index contributed by atoms with van der Waals surface area (Å²) >= 11 is 0. The molecule has 1 amide bonds. The fraction of sp³-hybridized carbons (Fsp3) is 0.250. The van der Waals surface area contributed by atoms with Gasteiger partial charge in [0, 0.05) is 14.1 Å². The van der Waals surface area contributed by atoms with Crippen molar-refractivity contribution in [1.82, 2.24) is 10.2 Å². The van der Waals surface area contributed by atoms with Gasteiger partial charge in [-0.2, -0.15) is 0 Å². The largest absolute Gasteiger partial charge is 0.375 e. The highest BCUT2D eigenvalue weighted by Crippen LogP contribution is 2.05. The number of carbonyl (C=O) groups excluding carboxylic acids is 1. The summed E-state index contributed by atoms with van der Waals surface area (Å²) in [5, 5.41) is 2.42. The molecule has 0 fully saturated rings. The Morgan fingerprint density at radius 2 is 2.17 bits per heavy atom. The second kappa shape index (κ2) is 5.12. The van der Waals surface area contributed by atoms with Crippen LogP contribution in [0, 0.1) is 0 Å². The Morgan fingerprint density at radius 3 is 2.42 bits per heavy atom. The van der Waals surface area contributed by atoms with Crippen molar-refractivity contribution in [3.05, 3.63) is 24.2 Å². The van der Waals surface area contributed by atoms with Gasteiger partial charge in [0.2, 0.25) is 6.41 Å².